The second kappa shape index (κ2) is 7.24. The van der Waals surface area contributed by atoms with E-state index in [0.29, 0.717) is 10.6 Å². The number of rotatable bonds is 2. The fourth-order valence-corrected chi connectivity index (χ4v) is 3.57. The van der Waals surface area contributed by atoms with E-state index < -0.39 is 18.1 Å². The fraction of sp³-hybridized carbons (Fsp3) is 0.125. The van der Waals surface area contributed by atoms with Crippen LogP contribution in [0.5, 0.6) is 5.75 Å². The minimum absolute atomic E-state index is 0.0267. The standard InChI is InChI=1S/C15H14N2O3S.CH4N2O/c1-8(17(20)15(16)19)10-7-14-11(6-12(10)18)9-4-2-3-5-13(9)21-14;2-1(3)4/h2-8,18,20H,1H3,(H2,16,19);(H4,2,3,4). The lowest BCUT2D eigenvalue weighted by Gasteiger charge is -2.21. The molecule has 0 aliphatic heterocycles. The van der Waals surface area contributed by atoms with Gasteiger partial charge in [0.15, 0.2) is 0 Å². The predicted octanol–water partition coefficient (Wildman–Crippen LogP) is 2.61. The number of amides is 4. The summed E-state index contributed by atoms with van der Waals surface area (Å²) < 4.78 is 2.10. The summed E-state index contributed by atoms with van der Waals surface area (Å²) in [4.78, 5) is 20.0. The third kappa shape index (κ3) is 3.90. The Morgan fingerprint density at radius 1 is 1.08 bits per heavy atom. The lowest BCUT2D eigenvalue weighted by Crippen LogP contribution is -2.34. The Bertz CT molecular complexity index is 936. The molecule has 0 bridgehead atoms. The van der Waals surface area contributed by atoms with Gasteiger partial charge in [-0.15, -0.1) is 11.3 Å². The van der Waals surface area contributed by atoms with Crippen LogP contribution in [0.2, 0.25) is 0 Å². The predicted molar refractivity (Wildman–Crippen MR) is 96.4 cm³/mol. The number of thiophene rings is 1. The van der Waals surface area contributed by atoms with Crippen molar-refractivity contribution in [3.8, 4) is 5.75 Å². The number of carbonyl (C=O) groups is 2. The minimum Gasteiger partial charge on any atom is -0.508 e. The highest BCUT2D eigenvalue weighted by atomic mass is 32.1. The summed E-state index contributed by atoms with van der Waals surface area (Å²) in [5.74, 6) is 0.0267. The zero-order valence-electron chi connectivity index (χ0n) is 13.3. The number of hydrogen-bond donors (Lipinski definition) is 5. The Balaban J connectivity index is 0.000000511. The summed E-state index contributed by atoms with van der Waals surface area (Å²) in [7, 11) is 0. The summed E-state index contributed by atoms with van der Waals surface area (Å²) in [6.45, 7) is 1.60. The molecule has 3 aromatic rings. The molecule has 0 spiro atoms. The molecule has 3 rings (SSSR count). The second-order valence-electron chi connectivity index (χ2n) is 5.27. The smallest absolute Gasteiger partial charge is 0.339 e. The molecule has 8 nitrogen and oxygen atoms in total. The van der Waals surface area contributed by atoms with Gasteiger partial charge in [0.1, 0.15) is 5.75 Å². The Morgan fingerprint density at radius 3 is 2.28 bits per heavy atom. The molecule has 0 radical (unpaired) electrons. The maximum absolute atomic E-state index is 11.0. The molecular weight excluding hydrogens is 344 g/mol. The number of phenolic OH excluding ortho intramolecular Hbond substituents is 1. The van der Waals surface area contributed by atoms with E-state index in [9.17, 15) is 15.1 Å². The fourth-order valence-electron chi connectivity index (χ4n) is 2.43. The normalized spacial score (nSPS) is 11.6. The average molecular weight is 362 g/mol. The Morgan fingerprint density at radius 2 is 1.68 bits per heavy atom. The number of phenols is 1. The number of hydroxylamine groups is 2. The van der Waals surface area contributed by atoms with Gasteiger partial charge in [0.25, 0.3) is 0 Å². The first-order valence-corrected chi connectivity index (χ1v) is 8.00. The highest BCUT2D eigenvalue weighted by Gasteiger charge is 2.21. The van der Waals surface area contributed by atoms with Crippen LogP contribution < -0.4 is 17.2 Å². The number of urea groups is 2. The number of hydrogen-bond acceptors (Lipinski definition) is 5. The quantitative estimate of drug-likeness (QED) is 0.351. The highest BCUT2D eigenvalue weighted by molar-refractivity contribution is 7.25. The van der Waals surface area contributed by atoms with Crippen LogP contribution in [-0.4, -0.2) is 27.4 Å². The summed E-state index contributed by atoms with van der Waals surface area (Å²) in [6.07, 6.45) is 0. The van der Waals surface area contributed by atoms with Gasteiger partial charge in [0, 0.05) is 25.7 Å². The zero-order chi connectivity index (χ0) is 18.7. The Kier molecular flexibility index (Phi) is 5.30. The summed E-state index contributed by atoms with van der Waals surface area (Å²) in [5, 5.41) is 22.3. The van der Waals surface area contributed by atoms with Crippen molar-refractivity contribution in [1.29, 1.82) is 0 Å². The van der Waals surface area contributed by atoms with Crippen LogP contribution in [-0.2, 0) is 0 Å². The molecule has 1 aromatic heterocycles. The Labute approximate surface area is 147 Å². The van der Waals surface area contributed by atoms with Gasteiger partial charge in [-0.25, -0.2) is 9.59 Å². The van der Waals surface area contributed by atoms with Crippen LogP contribution in [0.15, 0.2) is 36.4 Å². The molecule has 2 aromatic carbocycles. The molecule has 0 fully saturated rings. The molecule has 0 aliphatic carbocycles. The first-order valence-electron chi connectivity index (χ1n) is 7.19. The van der Waals surface area contributed by atoms with Crippen molar-refractivity contribution in [2.24, 2.45) is 17.2 Å². The molecule has 132 valence electrons. The lowest BCUT2D eigenvalue weighted by atomic mass is 10.0. The van der Waals surface area contributed by atoms with E-state index in [1.807, 2.05) is 24.3 Å². The number of primary amides is 3. The van der Waals surface area contributed by atoms with Gasteiger partial charge < -0.3 is 22.3 Å². The van der Waals surface area contributed by atoms with Crippen LogP contribution in [0.3, 0.4) is 0 Å². The molecule has 4 amide bonds. The summed E-state index contributed by atoms with van der Waals surface area (Å²) >= 11 is 1.59. The third-order valence-corrected chi connectivity index (χ3v) is 4.70. The molecule has 1 unspecified atom stereocenters. The molecule has 1 atom stereocenters. The minimum atomic E-state index is -0.960. The SMILES string of the molecule is CC(c1cc2sc3ccccc3c2cc1O)N(O)C(N)=O.NC(N)=O. The van der Waals surface area contributed by atoms with Gasteiger partial charge in [0.2, 0.25) is 0 Å². The van der Waals surface area contributed by atoms with Crippen molar-refractivity contribution >= 4 is 43.6 Å². The number of aromatic hydroxyl groups is 1. The van der Waals surface area contributed by atoms with Crippen LogP contribution in [0, 0.1) is 0 Å². The van der Waals surface area contributed by atoms with Crippen molar-refractivity contribution in [1.82, 2.24) is 5.06 Å². The van der Waals surface area contributed by atoms with Crippen molar-refractivity contribution < 1.29 is 19.9 Å². The van der Waals surface area contributed by atoms with E-state index in [1.54, 1.807) is 30.4 Å². The summed E-state index contributed by atoms with van der Waals surface area (Å²) in [6, 6.07) is 8.85. The van der Waals surface area contributed by atoms with Gasteiger partial charge in [-0.2, -0.15) is 5.06 Å². The molecule has 1 heterocycles. The molecular formula is C16H18N4O4S. The van der Waals surface area contributed by atoms with Crippen LogP contribution in [0.1, 0.15) is 18.5 Å². The van der Waals surface area contributed by atoms with Crippen LogP contribution in [0.25, 0.3) is 20.2 Å². The van der Waals surface area contributed by atoms with Gasteiger partial charge >= 0.3 is 12.1 Å². The first-order chi connectivity index (χ1) is 11.7. The van der Waals surface area contributed by atoms with Gasteiger partial charge in [-0.1, -0.05) is 18.2 Å². The van der Waals surface area contributed by atoms with E-state index in [1.165, 1.54) is 0 Å². The molecule has 0 aliphatic rings. The van der Waals surface area contributed by atoms with Gasteiger partial charge in [0.05, 0.1) is 6.04 Å². The van der Waals surface area contributed by atoms with E-state index in [-0.39, 0.29) is 5.75 Å². The zero-order valence-corrected chi connectivity index (χ0v) is 14.2. The Hall–Kier alpha value is -3.04. The largest absolute Gasteiger partial charge is 0.508 e. The summed E-state index contributed by atoms with van der Waals surface area (Å²) in [5.41, 5.74) is 14.0. The topological polar surface area (TPSA) is 156 Å². The lowest BCUT2D eigenvalue weighted by molar-refractivity contribution is -0.0714. The average Bonchev–Trinajstić information content (AvgIpc) is 2.89. The number of carbonyl (C=O) groups excluding carboxylic acids is 2. The van der Waals surface area contributed by atoms with E-state index >= 15 is 0 Å². The number of fused-ring (bicyclic) bond motifs is 3. The second-order valence-corrected chi connectivity index (χ2v) is 6.35. The number of nitrogens with zero attached hydrogens (tertiary/aromatic N) is 1. The van der Waals surface area contributed by atoms with E-state index in [0.717, 1.165) is 20.2 Å². The van der Waals surface area contributed by atoms with Crippen LogP contribution in [0.4, 0.5) is 9.59 Å². The maximum atomic E-state index is 11.0. The van der Waals surface area contributed by atoms with Crippen molar-refractivity contribution in [3.63, 3.8) is 0 Å². The molecule has 25 heavy (non-hydrogen) atoms. The van der Waals surface area contributed by atoms with Crippen molar-refractivity contribution in [2.45, 2.75) is 13.0 Å². The van der Waals surface area contributed by atoms with Crippen molar-refractivity contribution in [2.75, 3.05) is 0 Å². The maximum Gasteiger partial charge on any atom is 0.339 e. The monoisotopic (exact) mass is 362 g/mol. The van der Waals surface area contributed by atoms with E-state index in [4.69, 9.17) is 10.5 Å². The first kappa shape index (κ1) is 18.3. The van der Waals surface area contributed by atoms with Crippen LogP contribution >= 0.6 is 11.3 Å². The van der Waals surface area contributed by atoms with Gasteiger partial charge in [-0.3, -0.25) is 5.21 Å². The molecule has 0 saturated carbocycles. The van der Waals surface area contributed by atoms with Crippen molar-refractivity contribution in [3.05, 3.63) is 42.0 Å². The third-order valence-electron chi connectivity index (χ3n) is 3.57. The number of benzene rings is 2. The number of nitrogens with two attached hydrogens (primary N) is 3. The highest BCUT2D eigenvalue weighted by Crippen LogP contribution is 2.39. The molecule has 9 heteroatoms. The van der Waals surface area contributed by atoms with Gasteiger partial charge in [-0.05, 0) is 25.1 Å². The molecule has 8 N–H and O–H groups in total. The molecule has 0 saturated heterocycles. The van der Waals surface area contributed by atoms with E-state index in [2.05, 4.69) is 11.5 Å².